The third-order valence-corrected chi connectivity index (χ3v) is 5.60. The van der Waals surface area contributed by atoms with Crippen LogP contribution in [0.15, 0.2) is 42.5 Å². The average molecular weight is 338 g/mol. The number of hydrogen-bond acceptors (Lipinski definition) is 3. The molecule has 2 aliphatic rings. The Kier molecular flexibility index (Phi) is 4.73. The van der Waals surface area contributed by atoms with Gasteiger partial charge < -0.3 is 9.64 Å². The van der Waals surface area contributed by atoms with Crippen molar-refractivity contribution in [3.8, 4) is 0 Å². The van der Waals surface area contributed by atoms with E-state index in [4.69, 9.17) is 4.74 Å². The van der Waals surface area contributed by atoms with E-state index in [-0.39, 0.29) is 12.0 Å². The lowest BCUT2D eigenvalue weighted by molar-refractivity contribution is -0.130. The number of morpholine rings is 1. The second kappa shape index (κ2) is 7.14. The summed E-state index contributed by atoms with van der Waals surface area (Å²) in [7, 11) is 2.13. The molecule has 2 aliphatic heterocycles. The Morgan fingerprint density at radius 3 is 2.84 bits per heavy atom. The van der Waals surface area contributed by atoms with Crippen LogP contribution in [0.5, 0.6) is 0 Å². The molecule has 4 nitrogen and oxygen atoms in total. The summed E-state index contributed by atoms with van der Waals surface area (Å²) >= 11 is 0. The van der Waals surface area contributed by atoms with Crippen molar-refractivity contribution in [3.05, 3.63) is 48.0 Å². The highest BCUT2D eigenvalue weighted by molar-refractivity contribution is 5.83. The number of ether oxygens (including phenoxy) is 1. The van der Waals surface area contributed by atoms with Crippen LogP contribution in [-0.2, 0) is 16.0 Å². The first-order chi connectivity index (χ1) is 12.2. The molecule has 1 amide bonds. The van der Waals surface area contributed by atoms with Gasteiger partial charge >= 0.3 is 0 Å². The minimum atomic E-state index is 0.197. The van der Waals surface area contributed by atoms with E-state index in [9.17, 15) is 4.79 Å². The zero-order valence-corrected chi connectivity index (χ0v) is 14.9. The molecule has 2 atom stereocenters. The standard InChI is InChI=1S/C21H26N2O2/c1-22-11-12-25-20-15-23(14-19(20)22)21(24)8-4-5-16-9-10-17-6-2-3-7-18(17)13-16/h2-3,6-7,9-10,13,19-20H,4-5,8,11-12,14-15H2,1H3. The summed E-state index contributed by atoms with van der Waals surface area (Å²) in [6.45, 7) is 3.31. The minimum Gasteiger partial charge on any atom is -0.373 e. The van der Waals surface area contributed by atoms with Crippen molar-refractivity contribution in [3.63, 3.8) is 0 Å². The van der Waals surface area contributed by atoms with Gasteiger partial charge in [-0.3, -0.25) is 9.69 Å². The van der Waals surface area contributed by atoms with Gasteiger partial charge in [-0.25, -0.2) is 0 Å². The van der Waals surface area contributed by atoms with E-state index in [1.807, 2.05) is 4.90 Å². The van der Waals surface area contributed by atoms with Gasteiger partial charge in [-0.2, -0.15) is 0 Å². The molecular formula is C21H26N2O2. The van der Waals surface area contributed by atoms with Crippen LogP contribution in [0.1, 0.15) is 18.4 Å². The van der Waals surface area contributed by atoms with E-state index in [1.165, 1.54) is 16.3 Å². The Labute approximate surface area is 149 Å². The van der Waals surface area contributed by atoms with E-state index in [2.05, 4.69) is 54.4 Å². The zero-order valence-electron chi connectivity index (χ0n) is 14.9. The molecule has 4 rings (SSSR count). The molecule has 2 aromatic rings. The van der Waals surface area contributed by atoms with E-state index in [0.29, 0.717) is 12.5 Å². The lowest BCUT2D eigenvalue weighted by atomic mass is 10.0. The molecule has 2 aromatic carbocycles. The third-order valence-electron chi connectivity index (χ3n) is 5.60. The van der Waals surface area contributed by atoms with Gasteiger partial charge in [0.2, 0.25) is 5.91 Å². The summed E-state index contributed by atoms with van der Waals surface area (Å²) < 4.78 is 5.83. The van der Waals surface area contributed by atoms with Crippen LogP contribution in [0.25, 0.3) is 10.8 Å². The second-order valence-corrected chi connectivity index (χ2v) is 7.29. The fourth-order valence-corrected chi connectivity index (χ4v) is 4.06. The van der Waals surface area contributed by atoms with Crippen molar-refractivity contribution in [2.75, 3.05) is 33.3 Å². The fourth-order valence-electron chi connectivity index (χ4n) is 4.06. The van der Waals surface area contributed by atoms with Gasteiger partial charge in [0.25, 0.3) is 0 Å². The number of nitrogens with zero attached hydrogens (tertiary/aromatic N) is 2. The molecule has 2 saturated heterocycles. The Morgan fingerprint density at radius 1 is 1.16 bits per heavy atom. The molecule has 2 unspecified atom stereocenters. The van der Waals surface area contributed by atoms with Crippen LogP contribution in [0.2, 0.25) is 0 Å². The Morgan fingerprint density at radius 2 is 2.00 bits per heavy atom. The minimum absolute atomic E-state index is 0.197. The van der Waals surface area contributed by atoms with Crippen molar-refractivity contribution < 1.29 is 9.53 Å². The Balaban J connectivity index is 1.30. The highest BCUT2D eigenvalue weighted by Gasteiger charge is 2.39. The predicted octanol–water partition coefficient (Wildman–Crippen LogP) is 2.70. The van der Waals surface area contributed by atoms with Crippen molar-refractivity contribution in [2.45, 2.75) is 31.4 Å². The largest absolute Gasteiger partial charge is 0.373 e. The lowest BCUT2D eigenvalue weighted by Gasteiger charge is -2.33. The van der Waals surface area contributed by atoms with Crippen LogP contribution in [0, 0.1) is 0 Å². The molecule has 0 spiro atoms. The normalized spacial score (nSPS) is 23.8. The van der Waals surface area contributed by atoms with E-state index < -0.39 is 0 Å². The van der Waals surface area contributed by atoms with Crippen LogP contribution in [-0.4, -0.2) is 61.1 Å². The van der Waals surface area contributed by atoms with Crippen LogP contribution in [0.4, 0.5) is 0 Å². The summed E-state index contributed by atoms with van der Waals surface area (Å²) in [5.41, 5.74) is 1.31. The number of amides is 1. The smallest absolute Gasteiger partial charge is 0.222 e. The van der Waals surface area contributed by atoms with E-state index in [0.717, 1.165) is 39.1 Å². The molecule has 2 heterocycles. The zero-order chi connectivity index (χ0) is 17.2. The van der Waals surface area contributed by atoms with Gasteiger partial charge in [-0.05, 0) is 36.2 Å². The summed E-state index contributed by atoms with van der Waals surface area (Å²) in [5.74, 6) is 0.271. The molecule has 4 heteroatoms. The number of rotatable bonds is 4. The van der Waals surface area contributed by atoms with Crippen molar-refractivity contribution in [1.82, 2.24) is 9.80 Å². The van der Waals surface area contributed by atoms with Crippen LogP contribution in [0.3, 0.4) is 0 Å². The topological polar surface area (TPSA) is 32.8 Å². The molecule has 0 N–H and O–H groups in total. The number of hydrogen-bond donors (Lipinski definition) is 0. The molecule has 0 aliphatic carbocycles. The number of aryl methyl sites for hydroxylation is 1. The van der Waals surface area contributed by atoms with Gasteiger partial charge in [0, 0.05) is 26.1 Å². The number of likely N-dealkylation sites (N-methyl/N-ethyl adjacent to an activating group) is 1. The number of carbonyl (C=O) groups is 1. The molecule has 132 valence electrons. The Hall–Kier alpha value is -1.91. The third kappa shape index (κ3) is 3.55. The molecule has 0 bridgehead atoms. The van der Waals surface area contributed by atoms with Crippen molar-refractivity contribution in [1.29, 1.82) is 0 Å². The molecule has 2 fully saturated rings. The molecule has 0 radical (unpaired) electrons. The highest BCUT2D eigenvalue weighted by atomic mass is 16.5. The number of likely N-dealkylation sites (tertiary alicyclic amines) is 1. The maximum absolute atomic E-state index is 12.5. The van der Waals surface area contributed by atoms with Crippen molar-refractivity contribution >= 4 is 16.7 Å². The van der Waals surface area contributed by atoms with Gasteiger partial charge in [0.15, 0.2) is 0 Å². The summed E-state index contributed by atoms with van der Waals surface area (Å²) in [6.07, 6.45) is 2.67. The number of fused-ring (bicyclic) bond motifs is 2. The quantitative estimate of drug-likeness (QED) is 0.859. The molecule has 0 saturated carbocycles. The lowest BCUT2D eigenvalue weighted by Crippen LogP contribution is -2.48. The van der Waals surface area contributed by atoms with E-state index >= 15 is 0 Å². The van der Waals surface area contributed by atoms with Crippen molar-refractivity contribution in [2.24, 2.45) is 0 Å². The van der Waals surface area contributed by atoms with Gasteiger partial charge in [-0.1, -0.05) is 42.5 Å². The molecule has 0 aromatic heterocycles. The van der Waals surface area contributed by atoms with E-state index in [1.54, 1.807) is 0 Å². The first-order valence-electron chi connectivity index (χ1n) is 9.28. The first-order valence-corrected chi connectivity index (χ1v) is 9.28. The van der Waals surface area contributed by atoms with Gasteiger partial charge in [-0.15, -0.1) is 0 Å². The van der Waals surface area contributed by atoms with Crippen LogP contribution < -0.4 is 0 Å². The predicted molar refractivity (Wildman–Crippen MR) is 99.6 cm³/mol. The number of benzene rings is 2. The number of carbonyl (C=O) groups excluding carboxylic acids is 1. The summed E-state index contributed by atoms with van der Waals surface area (Å²) in [6, 6.07) is 15.4. The monoisotopic (exact) mass is 338 g/mol. The molecule has 25 heavy (non-hydrogen) atoms. The maximum atomic E-state index is 12.5. The molecular weight excluding hydrogens is 312 g/mol. The maximum Gasteiger partial charge on any atom is 0.222 e. The fraction of sp³-hybridized carbons (Fsp3) is 0.476. The summed E-state index contributed by atoms with van der Waals surface area (Å²) in [5, 5.41) is 2.54. The summed E-state index contributed by atoms with van der Waals surface area (Å²) in [4.78, 5) is 16.9. The second-order valence-electron chi connectivity index (χ2n) is 7.29. The van der Waals surface area contributed by atoms with Gasteiger partial charge in [0.1, 0.15) is 0 Å². The van der Waals surface area contributed by atoms with Crippen LogP contribution >= 0.6 is 0 Å². The Bertz CT molecular complexity index is 760. The average Bonchev–Trinajstić information content (AvgIpc) is 3.07. The first kappa shape index (κ1) is 16.6. The SMILES string of the molecule is CN1CCOC2CN(C(=O)CCCc3ccc4ccccc4c3)CC21. The van der Waals surface area contributed by atoms with Gasteiger partial charge in [0.05, 0.1) is 18.8 Å². The highest BCUT2D eigenvalue weighted by Crippen LogP contribution is 2.23.